The molecule has 0 aromatic carbocycles. The van der Waals surface area contributed by atoms with Gasteiger partial charge in [-0.25, -0.2) is 9.97 Å². The summed E-state index contributed by atoms with van der Waals surface area (Å²) < 4.78 is 0. The average Bonchev–Trinajstić information content (AvgIpc) is 2.98. The molecule has 0 spiro atoms. The van der Waals surface area contributed by atoms with Crippen molar-refractivity contribution >= 4 is 11.9 Å². The van der Waals surface area contributed by atoms with Crippen LogP contribution in [0.2, 0.25) is 0 Å². The lowest BCUT2D eigenvalue weighted by molar-refractivity contribution is 0.000517. The van der Waals surface area contributed by atoms with Crippen LogP contribution in [-0.4, -0.2) is 108 Å². The predicted octanol–water partition coefficient (Wildman–Crippen LogP) is -0.633. The minimum Gasteiger partial charge on any atom is -0.387 e. The molecule has 1 aromatic rings. The van der Waals surface area contributed by atoms with E-state index in [1.807, 2.05) is 14.1 Å². The van der Waals surface area contributed by atoms with Gasteiger partial charge in [0.25, 0.3) is 5.91 Å². The SMILES string of the molecule is CN1CCN(C[C@@]2(O)CCN(C(=O)c3cnc(N(C)C)nc3)C2)CC1. The van der Waals surface area contributed by atoms with Gasteiger partial charge in [0.1, 0.15) is 0 Å². The molecule has 0 aliphatic carbocycles. The van der Waals surface area contributed by atoms with Gasteiger partial charge in [-0.2, -0.15) is 0 Å². The topological polar surface area (TPSA) is 76.0 Å². The minimum absolute atomic E-state index is 0.111. The number of nitrogens with zero attached hydrogens (tertiary/aromatic N) is 6. The van der Waals surface area contributed by atoms with Crippen LogP contribution in [0.1, 0.15) is 16.8 Å². The number of aliphatic hydroxyl groups is 1. The molecular weight excluding hydrogens is 320 g/mol. The van der Waals surface area contributed by atoms with Gasteiger partial charge in [-0.15, -0.1) is 0 Å². The van der Waals surface area contributed by atoms with E-state index in [-0.39, 0.29) is 5.91 Å². The van der Waals surface area contributed by atoms with Crippen LogP contribution < -0.4 is 4.90 Å². The summed E-state index contributed by atoms with van der Waals surface area (Å²) in [5, 5.41) is 10.9. The standard InChI is InChI=1S/C17H28N6O2/c1-20(2)16-18-10-14(11-19-16)15(24)23-5-4-17(25,13-23)12-22-8-6-21(3)7-9-22/h10-11,25H,4-9,12-13H2,1-3H3/t17-/m0/s1. The highest BCUT2D eigenvalue weighted by atomic mass is 16.3. The molecular formula is C17H28N6O2. The van der Waals surface area contributed by atoms with Gasteiger partial charge in [-0.05, 0) is 13.5 Å². The number of hydrogen-bond donors (Lipinski definition) is 1. The zero-order valence-corrected chi connectivity index (χ0v) is 15.4. The quantitative estimate of drug-likeness (QED) is 0.776. The fourth-order valence-corrected chi connectivity index (χ4v) is 3.43. The third-order valence-corrected chi connectivity index (χ3v) is 5.02. The molecule has 3 rings (SSSR count). The van der Waals surface area contributed by atoms with Crippen molar-refractivity contribution in [1.29, 1.82) is 0 Å². The Hall–Kier alpha value is -1.77. The first-order valence-electron chi connectivity index (χ1n) is 8.78. The van der Waals surface area contributed by atoms with Crippen molar-refractivity contribution in [2.45, 2.75) is 12.0 Å². The fourth-order valence-electron chi connectivity index (χ4n) is 3.43. The van der Waals surface area contributed by atoms with E-state index in [1.165, 1.54) is 0 Å². The van der Waals surface area contributed by atoms with Gasteiger partial charge in [0.15, 0.2) is 0 Å². The van der Waals surface area contributed by atoms with Crippen LogP contribution in [0.5, 0.6) is 0 Å². The zero-order chi connectivity index (χ0) is 18.0. The Kier molecular flexibility index (Phi) is 5.21. The van der Waals surface area contributed by atoms with Crippen LogP contribution >= 0.6 is 0 Å². The maximum Gasteiger partial charge on any atom is 0.257 e. The first kappa shape index (κ1) is 18.0. The Morgan fingerprint density at radius 3 is 2.44 bits per heavy atom. The Balaban J connectivity index is 1.58. The maximum atomic E-state index is 12.7. The van der Waals surface area contributed by atoms with E-state index in [1.54, 1.807) is 22.2 Å². The van der Waals surface area contributed by atoms with Crippen molar-refractivity contribution < 1.29 is 9.90 Å². The number of hydrogen-bond acceptors (Lipinski definition) is 7. The average molecular weight is 348 g/mol. The summed E-state index contributed by atoms with van der Waals surface area (Å²) in [6, 6.07) is 0. The summed E-state index contributed by atoms with van der Waals surface area (Å²) in [7, 11) is 5.83. The lowest BCUT2D eigenvalue weighted by Crippen LogP contribution is -2.52. The molecule has 2 saturated heterocycles. The summed E-state index contributed by atoms with van der Waals surface area (Å²) in [4.78, 5) is 29.1. The van der Waals surface area contributed by atoms with Gasteiger partial charge < -0.3 is 19.8 Å². The summed E-state index contributed by atoms with van der Waals surface area (Å²) in [5.41, 5.74) is -0.356. The van der Waals surface area contributed by atoms with Crippen molar-refractivity contribution in [2.24, 2.45) is 0 Å². The highest BCUT2D eigenvalue weighted by molar-refractivity contribution is 5.94. The van der Waals surface area contributed by atoms with Crippen LogP contribution in [0, 0.1) is 0 Å². The van der Waals surface area contributed by atoms with E-state index in [9.17, 15) is 9.90 Å². The third-order valence-electron chi connectivity index (χ3n) is 5.02. The normalized spacial score (nSPS) is 25.4. The molecule has 2 aliphatic rings. The van der Waals surface area contributed by atoms with Crippen molar-refractivity contribution in [1.82, 2.24) is 24.7 Å². The van der Waals surface area contributed by atoms with Crippen LogP contribution in [0.3, 0.4) is 0 Å². The molecule has 0 saturated carbocycles. The second-order valence-electron chi connectivity index (χ2n) is 7.45. The summed E-state index contributed by atoms with van der Waals surface area (Å²) in [5.74, 6) is 0.462. The van der Waals surface area contributed by atoms with Gasteiger partial charge in [0, 0.05) is 65.8 Å². The minimum atomic E-state index is -0.823. The molecule has 25 heavy (non-hydrogen) atoms. The molecule has 1 amide bonds. The summed E-state index contributed by atoms with van der Waals surface area (Å²) in [6.45, 7) is 5.54. The van der Waals surface area contributed by atoms with Gasteiger partial charge in [-0.1, -0.05) is 0 Å². The van der Waals surface area contributed by atoms with E-state index < -0.39 is 5.60 Å². The molecule has 0 unspecified atom stereocenters. The zero-order valence-electron chi connectivity index (χ0n) is 15.4. The molecule has 8 heteroatoms. The first-order valence-corrected chi connectivity index (χ1v) is 8.78. The summed E-state index contributed by atoms with van der Waals surface area (Å²) in [6.07, 6.45) is 3.73. The number of piperazine rings is 1. The molecule has 2 fully saturated rings. The van der Waals surface area contributed by atoms with E-state index in [4.69, 9.17) is 0 Å². The Labute approximate surface area is 149 Å². The molecule has 0 bridgehead atoms. The smallest absolute Gasteiger partial charge is 0.257 e. The fraction of sp³-hybridized carbons (Fsp3) is 0.706. The predicted molar refractivity (Wildman–Crippen MR) is 95.8 cm³/mol. The lowest BCUT2D eigenvalue weighted by atomic mass is 10.0. The highest BCUT2D eigenvalue weighted by Crippen LogP contribution is 2.24. The first-order chi connectivity index (χ1) is 11.9. The summed E-state index contributed by atoms with van der Waals surface area (Å²) >= 11 is 0. The van der Waals surface area contributed by atoms with E-state index >= 15 is 0 Å². The number of rotatable bonds is 4. The van der Waals surface area contributed by atoms with Gasteiger partial charge in [-0.3, -0.25) is 9.69 Å². The molecule has 138 valence electrons. The van der Waals surface area contributed by atoms with Crippen molar-refractivity contribution in [3.05, 3.63) is 18.0 Å². The number of anilines is 1. The number of carbonyl (C=O) groups excluding carboxylic acids is 1. The molecule has 1 atom stereocenters. The molecule has 0 radical (unpaired) electrons. The van der Waals surface area contributed by atoms with Crippen molar-refractivity contribution in [3.8, 4) is 0 Å². The largest absolute Gasteiger partial charge is 0.387 e. The highest BCUT2D eigenvalue weighted by Gasteiger charge is 2.40. The van der Waals surface area contributed by atoms with Crippen LogP contribution in [-0.2, 0) is 0 Å². The molecule has 8 nitrogen and oxygen atoms in total. The Bertz CT molecular complexity index is 600. The maximum absolute atomic E-state index is 12.7. The molecule has 1 N–H and O–H groups in total. The van der Waals surface area contributed by atoms with Gasteiger partial charge in [0.2, 0.25) is 5.95 Å². The molecule has 1 aromatic heterocycles. The van der Waals surface area contributed by atoms with Gasteiger partial charge >= 0.3 is 0 Å². The number of β-amino-alcohol motifs (C(OH)–C–C–N with tert-alkyl or cyclic N) is 1. The number of carbonyl (C=O) groups is 1. The number of amides is 1. The third kappa shape index (κ3) is 4.26. The number of aromatic nitrogens is 2. The van der Waals surface area contributed by atoms with Crippen LogP contribution in [0.4, 0.5) is 5.95 Å². The van der Waals surface area contributed by atoms with E-state index in [0.29, 0.717) is 37.6 Å². The van der Waals surface area contributed by atoms with E-state index in [0.717, 1.165) is 26.2 Å². The Morgan fingerprint density at radius 1 is 1.20 bits per heavy atom. The Morgan fingerprint density at radius 2 is 1.84 bits per heavy atom. The molecule has 3 heterocycles. The molecule has 2 aliphatic heterocycles. The van der Waals surface area contributed by atoms with Crippen molar-refractivity contribution in [3.63, 3.8) is 0 Å². The second-order valence-corrected chi connectivity index (χ2v) is 7.45. The van der Waals surface area contributed by atoms with Crippen LogP contribution in [0.15, 0.2) is 12.4 Å². The van der Waals surface area contributed by atoms with Crippen LogP contribution in [0.25, 0.3) is 0 Å². The van der Waals surface area contributed by atoms with E-state index in [2.05, 4.69) is 26.8 Å². The van der Waals surface area contributed by atoms with Gasteiger partial charge in [0.05, 0.1) is 17.7 Å². The second kappa shape index (κ2) is 7.23. The monoisotopic (exact) mass is 348 g/mol. The number of likely N-dealkylation sites (N-methyl/N-ethyl adjacent to an activating group) is 1. The number of likely N-dealkylation sites (tertiary alicyclic amines) is 1. The lowest BCUT2D eigenvalue weighted by Gasteiger charge is -2.36. The van der Waals surface area contributed by atoms with Crippen molar-refractivity contribution in [2.75, 3.05) is 71.9 Å².